The Morgan fingerprint density at radius 3 is 2.53 bits per heavy atom. The first-order valence-electron chi connectivity index (χ1n) is 5.90. The van der Waals surface area contributed by atoms with E-state index in [1.165, 1.54) is 0 Å². The number of halogens is 1. The molecule has 0 aromatic carbocycles. The second-order valence-electron chi connectivity index (χ2n) is 4.83. The molecule has 2 fully saturated rings. The van der Waals surface area contributed by atoms with Crippen LogP contribution in [0.3, 0.4) is 0 Å². The van der Waals surface area contributed by atoms with Gasteiger partial charge in [0.2, 0.25) is 5.95 Å². The highest BCUT2D eigenvalue weighted by molar-refractivity contribution is 9.10. The first-order chi connectivity index (χ1) is 8.13. The van der Waals surface area contributed by atoms with Gasteiger partial charge in [0.05, 0.1) is 6.10 Å². The molecule has 2 saturated heterocycles. The van der Waals surface area contributed by atoms with Crippen LogP contribution in [0.15, 0.2) is 10.7 Å². The fourth-order valence-corrected chi connectivity index (χ4v) is 3.41. The lowest BCUT2D eigenvalue weighted by Crippen LogP contribution is -2.45. The number of aromatic nitrogens is 2. The molecule has 0 amide bonds. The van der Waals surface area contributed by atoms with Gasteiger partial charge in [-0.25, -0.2) is 4.98 Å². The van der Waals surface area contributed by atoms with E-state index in [0.29, 0.717) is 28.5 Å². The number of nitrogens with two attached hydrogens (primary N) is 1. The quantitative estimate of drug-likeness (QED) is 0.765. The van der Waals surface area contributed by atoms with Crippen LogP contribution in [-0.2, 0) is 0 Å². The normalized spacial score (nSPS) is 31.9. The molecule has 92 valence electrons. The van der Waals surface area contributed by atoms with Crippen LogP contribution in [0.2, 0.25) is 0 Å². The van der Waals surface area contributed by atoms with Crippen molar-refractivity contribution in [2.45, 2.75) is 43.9 Å². The molecule has 3 rings (SSSR count). The molecule has 2 aliphatic rings. The summed E-state index contributed by atoms with van der Waals surface area (Å²) in [5, 5.41) is 9.76. The molecule has 5 nitrogen and oxygen atoms in total. The molecule has 0 aliphatic carbocycles. The van der Waals surface area contributed by atoms with Crippen molar-refractivity contribution in [1.82, 2.24) is 9.97 Å². The van der Waals surface area contributed by atoms with Crippen LogP contribution >= 0.6 is 15.9 Å². The van der Waals surface area contributed by atoms with Crippen LogP contribution in [0.5, 0.6) is 0 Å². The number of piperidine rings is 1. The van der Waals surface area contributed by atoms with Crippen LogP contribution < -0.4 is 10.6 Å². The number of anilines is 2. The zero-order valence-electron chi connectivity index (χ0n) is 9.38. The molecule has 2 aliphatic heterocycles. The summed E-state index contributed by atoms with van der Waals surface area (Å²) in [5.74, 6) is 1.17. The van der Waals surface area contributed by atoms with Crippen LogP contribution in [-0.4, -0.2) is 33.3 Å². The Balaban J connectivity index is 1.94. The summed E-state index contributed by atoms with van der Waals surface area (Å²) in [7, 11) is 0. The van der Waals surface area contributed by atoms with Crippen molar-refractivity contribution < 1.29 is 5.11 Å². The van der Waals surface area contributed by atoms with Gasteiger partial charge in [-0.3, -0.25) is 0 Å². The molecule has 1 aromatic rings. The van der Waals surface area contributed by atoms with E-state index in [9.17, 15) is 5.11 Å². The van der Waals surface area contributed by atoms with Gasteiger partial charge in [-0.15, -0.1) is 0 Å². The predicted molar refractivity (Wildman–Crippen MR) is 68.7 cm³/mol. The standard InChI is InChI=1S/C11H15BrN4O/c12-9-5-10(13)15-11(14-9)16-6-1-2-7(16)4-8(17)3-6/h5-8,17H,1-4H2,(H2,13,14,15). The number of hydrogen-bond donors (Lipinski definition) is 2. The van der Waals surface area contributed by atoms with Crippen molar-refractivity contribution in [2.24, 2.45) is 0 Å². The zero-order chi connectivity index (χ0) is 12.0. The first kappa shape index (κ1) is 11.2. The van der Waals surface area contributed by atoms with Gasteiger partial charge in [-0.05, 0) is 41.6 Å². The minimum atomic E-state index is -0.173. The molecule has 2 bridgehead atoms. The summed E-state index contributed by atoms with van der Waals surface area (Å²) < 4.78 is 0.713. The Morgan fingerprint density at radius 1 is 1.29 bits per heavy atom. The lowest BCUT2D eigenvalue weighted by molar-refractivity contribution is 0.125. The number of fused-ring (bicyclic) bond motifs is 2. The van der Waals surface area contributed by atoms with Crippen molar-refractivity contribution in [2.75, 3.05) is 10.6 Å². The summed E-state index contributed by atoms with van der Waals surface area (Å²) in [6.45, 7) is 0. The Morgan fingerprint density at radius 2 is 1.94 bits per heavy atom. The summed E-state index contributed by atoms with van der Waals surface area (Å²) in [6.07, 6.45) is 3.67. The molecule has 1 aromatic heterocycles. The second-order valence-corrected chi connectivity index (χ2v) is 5.65. The minimum absolute atomic E-state index is 0.173. The maximum Gasteiger partial charge on any atom is 0.228 e. The van der Waals surface area contributed by atoms with E-state index >= 15 is 0 Å². The van der Waals surface area contributed by atoms with E-state index in [1.54, 1.807) is 6.07 Å². The maximum atomic E-state index is 9.76. The highest BCUT2D eigenvalue weighted by Crippen LogP contribution is 2.38. The maximum absolute atomic E-state index is 9.76. The third-order valence-electron chi connectivity index (χ3n) is 3.64. The van der Waals surface area contributed by atoms with Gasteiger partial charge in [0, 0.05) is 18.2 Å². The Kier molecular flexibility index (Phi) is 2.71. The Hall–Kier alpha value is -0.880. The average molecular weight is 299 g/mol. The van der Waals surface area contributed by atoms with Crippen LogP contribution in [0.25, 0.3) is 0 Å². The number of hydrogen-bond acceptors (Lipinski definition) is 5. The third kappa shape index (κ3) is 1.99. The summed E-state index contributed by atoms with van der Waals surface area (Å²) in [5.41, 5.74) is 5.75. The molecule has 2 unspecified atom stereocenters. The zero-order valence-corrected chi connectivity index (χ0v) is 11.0. The Labute approximate surface area is 108 Å². The summed E-state index contributed by atoms with van der Waals surface area (Å²) in [4.78, 5) is 10.9. The number of rotatable bonds is 1. The van der Waals surface area contributed by atoms with Crippen LogP contribution in [0.1, 0.15) is 25.7 Å². The molecule has 6 heteroatoms. The van der Waals surface area contributed by atoms with Crippen molar-refractivity contribution in [3.05, 3.63) is 10.7 Å². The lowest BCUT2D eigenvalue weighted by atomic mass is 10.0. The van der Waals surface area contributed by atoms with Crippen molar-refractivity contribution in [1.29, 1.82) is 0 Å². The molecule has 0 spiro atoms. The molecule has 0 saturated carbocycles. The number of aliphatic hydroxyl groups is 1. The van der Waals surface area contributed by atoms with E-state index in [0.717, 1.165) is 25.7 Å². The number of aliphatic hydroxyl groups excluding tert-OH is 1. The van der Waals surface area contributed by atoms with Gasteiger partial charge < -0.3 is 15.7 Å². The predicted octanol–water partition coefficient (Wildman–Crippen LogP) is 1.31. The topological polar surface area (TPSA) is 75.3 Å². The van der Waals surface area contributed by atoms with Gasteiger partial charge in [0.15, 0.2) is 0 Å². The third-order valence-corrected chi connectivity index (χ3v) is 4.05. The SMILES string of the molecule is Nc1cc(Br)nc(N2C3CCC2CC(O)C3)n1. The smallest absolute Gasteiger partial charge is 0.228 e. The van der Waals surface area contributed by atoms with Crippen LogP contribution in [0, 0.1) is 0 Å². The van der Waals surface area contributed by atoms with E-state index in [4.69, 9.17) is 5.73 Å². The molecule has 3 heterocycles. The Bertz CT molecular complexity index is 407. The van der Waals surface area contributed by atoms with E-state index < -0.39 is 0 Å². The van der Waals surface area contributed by atoms with E-state index in [2.05, 4.69) is 30.8 Å². The monoisotopic (exact) mass is 298 g/mol. The van der Waals surface area contributed by atoms with Crippen molar-refractivity contribution >= 4 is 27.7 Å². The first-order valence-corrected chi connectivity index (χ1v) is 6.69. The van der Waals surface area contributed by atoms with E-state index in [1.807, 2.05) is 0 Å². The van der Waals surface area contributed by atoms with E-state index in [-0.39, 0.29) is 6.10 Å². The largest absolute Gasteiger partial charge is 0.393 e. The number of nitrogens with zero attached hydrogens (tertiary/aromatic N) is 3. The minimum Gasteiger partial charge on any atom is -0.393 e. The fourth-order valence-electron chi connectivity index (χ4n) is 3.01. The fraction of sp³-hybridized carbons (Fsp3) is 0.636. The summed E-state index contributed by atoms with van der Waals surface area (Å²) in [6, 6.07) is 2.42. The van der Waals surface area contributed by atoms with Crippen LogP contribution in [0.4, 0.5) is 11.8 Å². The molecule has 0 radical (unpaired) electrons. The molecule has 17 heavy (non-hydrogen) atoms. The molecule has 2 atom stereocenters. The van der Waals surface area contributed by atoms with Gasteiger partial charge in [-0.2, -0.15) is 4.98 Å². The molecular weight excluding hydrogens is 284 g/mol. The lowest BCUT2D eigenvalue weighted by Gasteiger charge is -2.37. The van der Waals surface area contributed by atoms with Gasteiger partial charge in [0.25, 0.3) is 0 Å². The summed E-state index contributed by atoms with van der Waals surface area (Å²) >= 11 is 3.34. The highest BCUT2D eigenvalue weighted by atomic mass is 79.9. The highest BCUT2D eigenvalue weighted by Gasteiger charge is 2.41. The van der Waals surface area contributed by atoms with Gasteiger partial charge in [0.1, 0.15) is 10.4 Å². The average Bonchev–Trinajstić information content (AvgIpc) is 2.50. The van der Waals surface area contributed by atoms with Crippen molar-refractivity contribution in [3.8, 4) is 0 Å². The molecule has 3 N–H and O–H groups in total. The molecular formula is C11H15BrN4O. The number of nitrogen functional groups attached to an aromatic ring is 1. The van der Waals surface area contributed by atoms with Gasteiger partial charge >= 0.3 is 0 Å². The second kappa shape index (κ2) is 4.10. The van der Waals surface area contributed by atoms with Gasteiger partial charge in [-0.1, -0.05) is 0 Å². The van der Waals surface area contributed by atoms with Crippen molar-refractivity contribution in [3.63, 3.8) is 0 Å².